The number of rotatable bonds is 10. The fourth-order valence-electron chi connectivity index (χ4n) is 5.69. The maximum Gasteiger partial charge on any atom is 0.308 e. The van der Waals surface area contributed by atoms with Gasteiger partial charge in [-0.25, -0.2) is 0 Å². The number of hydrogen-bond acceptors (Lipinski definition) is 7. The smallest absolute Gasteiger partial charge is 0.308 e. The summed E-state index contributed by atoms with van der Waals surface area (Å²) in [5.74, 6) is -2.15. The lowest BCUT2D eigenvalue weighted by Crippen LogP contribution is -2.29. The Balaban J connectivity index is 1.05. The molecule has 4 aromatic carbocycles. The minimum absolute atomic E-state index is 0.0141. The number of oxazole rings is 1. The summed E-state index contributed by atoms with van der Waals surface area (Å²) in [6.45, 7) is 2.54. The average molecular weight is 623 g/mol. The van der Waals surface area contributed by atoms with Crippen LogP contribution in [0.15, 0.2) is 95.4 Å². The van der Waals surface area contributed by atoms with E-state index in [0.717, 1.165) is 28.1 Å². The van der Waals surface area contributed by atoms with Gasteiger partial charge in [-0.2, -0.15) is 4.98 Å². The van der Waals surface area contributed by atoms with Crippen LogP contribution >= 0.6 is 11.6 Å². The average Bonchev–Trinajstić information content (AvgIpc) is 3.67. The van der Waals surface area contributed by atoms with Crippen LogP contribution in [0.25, 0.3) is 11.1 Å². The van der Waals surface area contributed by atoms with Crippen LogP contribution in [0.4, 0.5) is 17.4 Å². The van der Waals surface area contributed by atoms with Gasteiger partial charge in [0, 0.05) is 36.7 Å². The van der Waals surface area contributed by atoms with Crippen molar-refractivity contribution in [1.82, 2.24) is 9.88 Å². The minimum Gasteiger partial charge on any atom is -0.481 e. The van der Waals surface area contributed by atoms with Gasteiger partial charge in [0.15, 0.2) is 11.4 Å². The van der Waals surface area contributed by atoms with Gasteiger partial charge in [-0.05, 0) is 66.1 Å². The van der Waals surface area contributed by atoms with Crippen molar-refractivity contribution in [3.8, 4) is 0 Å². The van der Waals surface area contributed by atoms with Gasteiger partial charge in [-0.1, -0.05) is 60.1 Å². The lowest BCUT2D eigenvalue weighted by molar-refractivity contribution is -0.141. The first kappa shape index (κ1) is 29.9. The number of aliphatic carboxylic acids is 1. The molecule has 3 N–H and O–H groups in total. The van der Waals surface area contributed by atoms with Gasteiger partial charge in [0.1, 0.15) is 5.52 Å². The summed E-state index contributed by atoms with van der Waals surface area (Å²) in [6.07, 6.45) is 0.210. The van der Waals surface area contributed by atoms with Crippen molar-refractivity contribution in [1.29, 1.82) is 0 Å². The number of carbonyl (C=O) groups is 3. The molecule has 1 aromatic heterocycles. The van der Waals surface area contributed by atoms with Crippen molar-refractivity contribution in [2.75, 3.05) is 30.3 Å². The first-order chi connectivity index (χ1) is 21.7. The van der Waals surface area contributed by atoms with Gasteiger partial charge in [0.2, 0.25) is 0 Å². The van der Waals surface area contributed by atoms with E-state index >= 15 is 0 Å². The summed E-state index contributed by atoms with van der Waals surface area (Å²) in [7, 11) is 0. The second kappa shape index (κ2) is 12.8. The quantitative estimate of drug-likeness (QED) is 0.157. The van der Waals surface area contributed by atoms with Crippen LogP contribution in [-0.2, 0) is 16.0 Å². The molecule has 228 valence electrons. The molecule has 1 aliphatic rings. The molecule has 2 atom stereocenters. The summed E-state index contributed by atoms with van der Waals surface area (Å²) >= 11 is 6.31. The molecule has 0 radical (unpaired) electrons. The number of ketones is 1. The molecule has 5 aromatic rings. The number of likely N-dealkylation sites (tertiary alicyclic amines) is 1. The van der Waals surface area contributed by atoms with Crippen molar-refractivity contribution < 1.29 is 23.9 Å². The normalized spacial score (nSPS) is 16.1. The number of carboxylic acids is 1. The number of carbonyl (C=O) groups excluding carboxylic acids is 2. The standard InChI is InChI=1S/C35H31ClN4O5/c1-21-6-5-9-29(36)32(21)39-35-38-30-15-10-22(17-31(30)45-35)16-26(41)18-37-25-13-11-23(12-14-25)27-19-40(20-28(27)34(43)44)33(42)24-7-3-2-4-8-24/h2-15,17,27-28,37H,16,18-20H2,1H3,(H,38,39)(H,43,44). The van der Waals surface area contributed by atoms with E-state index in [1.165, 1.54) is 0 Å². The summed E-state index contributed by atoms with van der Waals surface area (Å²) in [4.78, 5) is 43.9. The van der Waals surface area contributed by atoms with Gasteiger partial charge < -0.3 is 25.1 Å². The molecule has 1 amide bonds. The monoisotopic (exact) mass is 622 g/mol. The summed E-state index contributed by atoms with van der Waals surface area (Å²) in [6, 6.07) is 27.7. The molecule has 6 rings (SSSR count). The molecule has 45 heavy (non-hydrogen) atoms. The third kappa shape index (κ3) is 6.68. The highest BCUT2D eigenvalue weighted by Gasteiger charge is 2.40. The first-order valence-electron chi connectivity index (χ1n) is 14.6. The lowest BCUT2D eigenvalue weighted by atomic mass is 9.89. The van der Waals surface area contributed by atoms with Crippen molar-refractivity contribution in [3.05, 3.63) is 118 Å². The molecule has 0 aliphatic carbocycles. The number of nitrogens with zero attached hydrogens (tertiary/aromatic N) is 2. The molecule has 1 saturated heterocycles. The van der Waals surface area contributed by atoms with Crippen LogP contribution in [-0.4, -0.2) is 52.3 Å². The number of amides is 1. The Hall–Kier alpha value is -5.15. The number of nitrogens with one attached hydrogen (secondary N) is 2. The molecule has 2 unspecified atom stereocenters. The number of aryl methyl sites for hydroxylation is 1. The van der Waals surface area contributed by atoms with Crippen LogP contribution in [0, 0.1) is 12.8 Å². The zero-order chi connectivity index (χ0) is 31.5. The highest BCUT2D eigenvalue weighted by atomic mass is 35.5. The highest BCUT2D eigenvalue weighted by molar-refractivity contribution is 6.33. The van der Waals surface area contributed by atoms with E-state index in [1.807, 2.05) is 67.6 Å². The zero-order valence-electron chi connectivity index (χ0n) is 24.5. The maximum absolute atomic E-state index is 13.0. The van der Waals surface area contributed by atoms with Crippen LogP contribution in [0.2, 0.25) is 5.02 Å². The largest absolute Gasteiger partial charge is 0.481 e. The number of aromatic nitrogens is 1. The SMILES string of the molecule is Cc1cccc(Cl)c1Nc1nc2ccc(CC(=O)CNc3ccc(C4CN(C(=O)c5ccccc5)CC4C(=O)O)cc3)cc2o1. The fourth-order valence-corrected chi connectivity index (χ4v) is 5.96. The highest BCUT2D eigenvalue weighted by Crippen LogP contribution is 2.34. The van der Waals surface area contributed by atoms with E-state index in [0.29, 0.717) is 34.2 Å². The zero-order valence-corrected chi connectivity index (χ0v) is 25.3. The van der Waals surface area contributed by atoms with Crippen LogP contribution < -0.4 is 10.6 Å². The molecule has 9 nitrogen and oxygen atoms in total. The van der Waals surface area contributed by atoms with E-state index in [-0.39, 0.29) is 37.1 Å². The Kier molecular flexibility index (Phi) is 8.53. The Morgan fingerprint density at radius 1 is 0.978 bits per heavy atom. The Morgan fingerprint density at radius 2 is 1.76 bits per heavy atom. The number of para-hydroxylation sites is 1. The fraction of sp³-hybridized carbons (Fsp3) is 0.200. The van der Waals surface area contributed by atoms with Gasteiger partial charge in [-0.15, -0.1) is 0 Å². The van der Waals surface area contributed by atoms with Gasteiger partial charge in [0.05, 0.1) is 23.2 Å². The number of halogens is 1. The predicted molar refractivity (Wildman–Crippen MR) is 173 cm³/mol. The summed E-state index contributed by atoms with van der Waals surface area (Å²) in [5.41, 5.74) is 5.83. The third-order valence-corrected chi connectivity index (χ3v) is 8.40. The van der Waals surface area contributed by atoms with E-state index in [1.54, 1.807) is 35.2 Å². The van der Waals surface area contributed by atoms with Gasteiger partial charge in [-0.3, -0.25) is 14.4 Å². The molecular weight excluding hydrogens is 592 g/mol. The Labute approximate surface area is 264 Å². The number of hydrogen-bond donors (Lipinski definition) is 3. The van der Waals surface area contributed by atoms with E-state index in [4.69, 9.17) is 16.0 Å². The summed E-state index contributed by atoms with van der Waals surface area (Å²) < 4.78 is 5.89. The molecule has 1 aliphatic heterocycles. The topological polar surface area (TPSA) is 125 Å². The van der Waals surface area contributed by atoms with Gasteiger partial charge in [0.25, 0.3) is 11.9 Å². The van der Waals surface area contributed by atoms with Crippen LogP contribution in [0.1, 0.15) is 33.0 Å². The van der Waals surface area contributed by atoms with E-state index in [9.17, 15) is 19.5 Å². The maximum atomic E-state index is 13.0. The molecule has 0 spiro atoms. The first-order valence-corrected chi connectivity index (χ1v) is 15.0. The van der Waals surface area contributed by atoms with Crippen LogP contribution in [0.3, 0.4) is 0 Å². The Morgan fingerprint density at radius 3 is 2.49 bits per heavy atom. The van der Waals surface area contributed by atoms with Crippen molar-refractivity contribution >= 4 is 57.7 Å². The molecule has 10 heteroatoms. The second-order valence-corrected chi connectivity index (χ2v) is 11.6. The molecule has 0 saturated carbocycles. The number of fused-ring (bicyclic) bond motifs is 1. The van der Waals surface area contributed by atoms with Crippen molar-refractivity contribution in [2.24, 2.45) is 5.92 Å². The predicted octanol–water partition coefficient (Wildman–Crippen LogP) is 6.70. The van der Waals surface area contributed by atoms with E-state index < -0.39 is 11.9 Å². The minimum atomic E-state index is -0.928. The second-order valence-electron chi connectivity index (χ2n) is 11.2. The molecule has 2 heterocycles. The summed E-state index contributed by atoms with van der Waals surface area (Å²) in [5, 5.41) is 16.7. The third-order valence-electron chi connectivity index (χ3n) is 8.08. The van der Waals surface area contributed by atoms with Gasteiger partial charge >= 0.3 is 5.97 Å². The number of anilines is 3. The van der Waals surface area contributed by atoms with Crippen molar-refractivity contribution in [3.63, 3.8) is 0 Å². The van der Waals surface area contributed by atoms with Crippen molar-refractivity contribution in [2.45, 2.75) is 19.3 Å². The van der Waals surface area contributed by atoms with Crippen LogP contribution in [0.5, 0.6) is 0 Å². The lowest BCUT2D eigenvalue weighted by Gasteiger charge is -2.17. The van der Waals surface area contributed by atoms with E-state index in [2.05, 4.69) is 15.6 Å². The molecule has 0 bridgehead atoms. The Bertz CT molecular complexity index is 1850. The number of carboxylic acid groups (broad SMARTS) is 1. The molecule has 1 fully saturated rings. The number of benzene rings is 4. The molecular formula is C35H31ClN4O5. The number of Topliss-reactive ketones (excluding diaryl/α,β-unsaturated/α-hetero) is 1.